The van der Waals surface area contributed by atoms with Crippen LogP contribution in [0.4, 0.5) is 0 Å². The summed E-state index contributed by atoms with van der Waals surface area (Å²) in [5, 5.41) is 4.86. The van der Waals surface area contributed by atoms with Gasteiger partial charge in [-0.05, 0) is 138 Å². The Balaban J connectivity index is 1.26. The largest absolute Gasteiger partial charge is 0.339 e. The summed E-state index contributed by atoms with van der Waals surface area (Å²) in [5.74, 6) is 0.516. The Bertz CT molecular complexity index is 1550. The van der Waals surface area contributed by atoms with Gasteiger partial charge < -0.3 is 15.2 Å². The first-order valence-electron chi connectivity index (χ1n) is 16.3. The van der Waals surface area contributed by atoms with Gasteiger partial charge in [-0.3, -0.25) is 9.78 Å². The van der Waals surface area contributed by atoms with Crippen LogP contribution >= 0.6 is 0 Å². The van der Waals surface area contributed by atoms with Crippen LogP contribution in [0.15, 0.2) is 55.0 Å². The molecule has 0 saturated carbocycles. The smallest absolute Gasteiger partial charge is 0.233 e. The van der Waals surface area contributed by atoms with Crippen LogP contribution in [0.2, 0.25) is 0 Å². The van der Waals surface area contributed by atoms with Crippen molar-refractivity contribution < 1.29 is 4.79 Å². The Labute approximate surface area is 256 Å². The molecule has 4 aromatic rings. The second-order valence-electron chi connectivity index (χ2n) is 13.6. The van der Waals surface area contributed by atoms with Crippen molar-refractivity contribution in [2.45, 2.75) is 103 Å². The number of hydrogen-bond donors (Lipinski definition) is 2. The van der Waals surface area contributed by atoms with E-state index >= 15 is 0 Å². The number of aromatic nitrogens is 3. The summed E-state index contributed by atoms with van der Waals surface area (Å²) in [4.78, 5) is 29.0. The standard InChI is InChI=1S/C37H47N5O/c1-24-18-25(2)20-28(19-24)34-33(26(3)22-39-15-7-6-8-27-13-16-38-17-14-27)32-21-29(23-40-35(32)41-34)37(4,5)36(43)42-30-9-10-31(42)12-11-30/h13-14,16-21,23,26,30-31,39H,6-12,15,22H2,1-5H3,(H,40,41). The molecule has 6 nitrogen and oxygen atoms in total. The molecule has 1 aromatic carbocycles. The van der Waals surface area contributed by atoms with E-state index in [2.05, 4.69) is 91.2 Å². The Hall–Kier alpha value is -3.51. The molecule has 1 unspecified atom stereocenters. The fourth-order valence-electron chi connectivity index (χ4n) is 7.53. The molecule has 43 heavy (non-hydrogen) atoms. The molecule has 2 aliphatic heterocycles. The molecule has 1 atom stereocenters. The maximum absolute atomic E-state index is 14.0. The molecule has 226 valence electrons. The molecule has 1 amide bonds. The molecule has 3 aromatic heterocycles. The number of amides is 1. The fraction of sp³-hybridized carbons (Fsp3) is 0.486. The fourth-order valence-corrected chi connectivity index (χ4v) is 7.53. The normalized spacial score (nSPS) is 19.0. The zero-order valence-corrected chi connectivity index (χ0v) is 26.5. The number of H-pyrrole nitrogens is 1. The molecule has 2 N–H and O–H groups in total. The number of hydrogen-bond acceptors (Lipinski definition) is 4. The Morgan fingerprint density at radius 2 is 1.70 bits per heavy atom. The van der Waals surface area contributed by atoms with E-state index in [1.54, 1.807) is 0 Å². The molecular formula is C37H47N5O. The van der Waals surface area contributed by atoms with E-state index in [1.807, 2.05) is 18.6 Å². The van der Waals surface area contributed by atoms with Crippen molar-refractivity contribution in [2.75, 3.05) is 13.1 Å². The van der Waals surface area contributed by atoms with Crippen molar-refractivity contribution >= 4 is 16.9 Å². The average Bonchev–Trinajstić information content (AvgIpc) is 3.71. The number of aromatic amines is 1. The molecule has 0 aliphatic carbocycles. The van der Waals surface area contributed by atoms with Gasteiger partial charge in [0.25, 0.3) is 0 Å². The molecular weight excluding hydrogens is 530 g/mol. The van der Waals surface area contributed by atoms with Gasteiger partial charge in [0.1, 0.15) is 5.65 Å². The summed E-state index contributed by atoms with van der Waals surface area (Å²) < 4.78 is 0. The molecule has 2 saturated heterocycles. The predicted octanol–water partition coefficient (Wildman–Crippen LogP) is 7.39. The molecule has 2 bridgehead atoms. The SMILES string of the molecule is Cc1cc(C)cc(-c2[nH]c3ncc(C(C)(C)C(=O)N4C5CCC4CC5)cc3c2C(C)CNCCCCc2ccncc2)c1. The quantitative estimate of drug-likeness (QED) is 0.182. The highest BCUT2D eigenvalue weighted by molar-refractivity contribution is 5.93. The summed E-state index contributed by atoms with van der Waals surface area (Å²) >= 11 is 0. The van der Waals surface area contributed by atoms with Crippen LogP contribution in [0.3, 0.4) is 0 Å². The lowest BCUT2D eigenvalue weighted by Gasteiger charge is -2.32. The van der Waals surface area contributed by atoms with Gasteiger partial charge in [0.2, 0.25) is 5.91 Å². The lowest BCUT2D eigenvalue weighted by Crippen LogP contribution is -2.46. The first kappa shape index (κ1) is 29.6. The van der Waals surface area contributed by atoms with Gasteiger partial charge in [0, 0.05) is 42.6 Å². The molecule has 6 heteroatoms. The third-order valence-corrected chi connectivity index (χ3v) is 9.91. The molecule has 6 rings (SSSR count). The van der Waals surface area contributed by atoms with Crippen molar-refractivity contribution in [3.63, 3.8) is 0 Å². The van der Waals surface area contributed by atoms with E-state index < -0.39 is 5.41 Å². The maximum Gasteiger partial charge on any atom is 0.233 e. The van der Waals surface area contributed by atoms with E-state index in [0.717, 1.165) is 80.3 Å². The average molecular weight is 578 g/mol. The molecule has 5 heterocycles. The van der Waals surface area contributed by atoms with Gasteiger partial charge in [-0.1, -0.05) is 24.1 Å². The number of carbonyl (C=O) groups is 1. The van der Waals surface area contributed by atoms with Crippen LogP contribution in [0.5, 0.6) is 0 Å². The number of nitrogens with one attached hydrogen (secondary N) is 2. The van der Waals surface area contributed by atoms with Crippen molar-refractivity contribution in [1.29, 1.82) is 0 Å². The number of pyridine rings is 2. The highest BCUT2D eigenvalue weighted by Gasteiger charge is 2.47. The minimum absolute atomic E-state index is 0.256. The number of fused-ring (bicyclic) bond motifs is 3. The van der Waals surface area contributed by atoms with Gasteiger partial charge in [-0.25, -0.2) is 4.98 Å². The summed E-state index contributed by atoms with van der Waals surface area (Å²) in [6.07, 6.45) is 13.6. The summed E-state index contributed by atoms with van der Waals surface area (Å²) in [7, 11) is 0. The van der Waals surface area contributed by atoms with Gasteiger partial charge in [0.15, 0.2) is 0 Å². The monoisotopic (exact) mass is 577 g/mol. The molecule has 2 fully saturated rings. The Morgan fingerprint density at radius 1 is 1.02 bits per heavy atom. The zero-order chi connectivity index (χ0) is 30.1. The molecule has 0 radical (unpaired) electrons. The van der Waals surface area contributed by atoms with Crippen LogP contribution in [0.1, 0.15) is 93.0 Å². The first-order chi connectivity index (χ1) is 20.7. The minimum Gasteiger partial charge on any atom is -0.339 e. The van der Waals surface area contributed by atoms with E-state index in [0.29, 0.717) is 12.1 Å². The first-order valence-corrected chi connectivity index (χ1v) is 16.3. The number of unbranched alkanes of at least 4 members (excludes halogenated alkanes) is 1. The minimum atomic E-state index is -0.628. The van der Waals surface area contributed by atoms with Crippen molar-refractivity contribution in [3.05, 3.63) is 82.8 Å². The second kappa shape index (κ2) is 12.2. The maximum atomic E-state index is 14.0. The molecule has 2 aliphatic rings. The topological polar surface area (TPSA) is 73.9 Å². The molecule has 0 spiro atoms. The van der Waals surface area contributed by atoms with Crippen molar-refractivity contribution in [3.8, 4) is 11.3 Å². The Morgan fingerprint density at radius 3 is 2.37 bits per heavy atom. The second-order valence-corrected chi connectivity index (χ2v) is 13.6. The van der Waals surface area contributed by atoms with Gasteiger partial charge in [-0.15, -0.1) is 0 Å². The van der Waals surface area contributed by atoms with E-state index in [4.69, 9.17) is 4.98 Å². The van der Waals surface area contributed by atoms with Gasteiger partial charge in [0.05, 0.1) is 11.1 Å². The van der Waals surface area contributed by atoms with Crippen molar-refractivity contribution in [1.82, 2.24) is 25.2 Å². The van der Waals surface area contributed by atoms with E-state index in [1.165, 1.54) is 27.8 Å². The number of carbonyl (C=O) groups excluding carboxylic acids is 1. The summed E-state index contributed by atoms with van der Waals surface area (Å²) in [5.41, 5.74) is 8.73. The van der Waals surface area contributed by atoms with Crippen LogP contribution in [-0.4, -0.2) is 50.9 Å². The summed E-state index contributed by atoms with van der Waals surface area (Å²) in [6, 6.07) is 14.0. The van der Waals surface area contributed by atoms with E-state index in [-0.39, 0.29) is 11.8 Å². The zero-order valence-electron chi connectivity index (χ0n) is 26.5. The van der Waals surface area contributed by atoms with Gasteiger partial charge >= 0.3 is 0 Å². The number of benzene rings is 1. The third kappa shape index (κ3) is 5.99. The van der Waals surface area contributed by atoms with Crippen LogP contribution in [0, 0.1) is 13.8 Å². The lowest BCUT2D eigenvalue weighted by molar-refractivity contribution is -0.137. The Kier molecular flexibility index (Phi) is 8.41. The predicted molar refractivity (Wildman–Crippen MR) is 175 cm³/mol. The summed E-state index contributed by atoms with van der Waals surface area (Å²) in [6.45, 7) is 12.7. The highest BCUT2D eigenvalue weighted by Crippen LogP contribution is 2.42. The van der Waals surface area contributed by atoms with Crippen LogP contribution in [-0.2, 0) is 16.6 Å². The lowest BCUT2D eigenvalue weighted by atomic mass is 9.82. The van der Waals surface area contributed by atoms with Crippen LogP contribution in [0.25, 0.3) is 22.3 Å². The third-order valence-electron chi connectivity index (χ3n) is 9.91. The van der Waals surface area contributed by atoms with Gasteiger partial charge in [-0.2, -0.15) is 0 Å². The number of aryl methyl sites for hydroxylation is 3. The number of nitrogens with zero attached hydrogens (tertiary/aromatic N) is 3. The van der Waals surface area contributed by atoms with E-state index in [9.17, 15) is 4.79 Å². The highest BCUT2D eigenvalue weighted by atomic mass is 16.2. The van der Waals surface area contributed by atoms with Crippen LogP contribution < -0.4 is 5.32 Å². The number of rotatable bonds is 11. The van der Waals surface area contributed by atoms with Crippen molar-refractivity contribution in [2.24, 2.45) is 0 Å².